The first-order valence-electron chi connectivity index (χ1n) is 15.1. The number of anilines is 2. The number of amides is 3. The molecule has 2 saturated carbocycles. The normalized spacial score (nSPS) is 27.4. The third kappa shape index (κ3) is 4.98. The Morgan fingerprint density at radius 3 is 2.45 bits per heavy atom. The van der Waals surface area contributed by atoms with Crippen LogP contribution in [0.2, 0.25) is 0 Å². The van der Waals surface area contributed by atoms with Gasteiger partial charge in [-0.3, -0.25) is 24.1 Å². The Morgan fingerprint density at radius 1 is 0.936 bits per heavy atom. The van der Waals surface area contributed by atoms with Crippen LogP contribution < -0.4 is 19.8 Å². The highest BCUT2D eigenvalue weighted by Gasteiger charge is 2.69. The smallest absolute Gasteiger partial charge is 0.416 e. The van der Waals surface area contributed by atoms with Gasteiger partial charge in [-0.05, 0) is 72.2 Å². The van der Waals surface area contributed by atoms with Gasteiger partial charge < -0.3 is 15.0 Å². The fraction of sp³-hybridized carbons (Fsp3) is 0.294. The predicted octanol–water partition coefficient (Wildman–Crippen LogP) is 6.15. The van der Waals surface area contributed by atoms with Crippen LogP contribution in [0.3, 0.4) is 0 Å². The summed E-state index contributed by atoms with van der Waals surface area (Å²) in [5.74, 6) is -1.76. The first-order valence-corrected chi connectivity index (χ1v) is 16.8. The van der Waals surface area contributed by atoms with Gasteiger partial charge in [-0.2, -0.15) is 13.2 Å². The molecule has 3 heterocycles. The number of fused-ring (bicyclic) bond motifs is 9. The Kier molecular flexibility index (Phi) is 7.10. The monoisotopic (exact) mass is 677 g/mol. The van der Waals surface area contributed by atoms with Gasteiger partial charge in [0.05, 0.1) is 28.1 Å². The highest BCUT2D eigenvalue weighted by atomic mass is 32.2. The zero-order valence-electron chi connectivity index (χ0n) is 24.4. The van der Waals surface area contributed by atoms with Gasteiger partial charge in [0, 0.05) is 21.7 Å². The maximum absolute atomic E-state index is 13.9. The molecule has 4 aromatic rings. The summed E-state index contributed by atoms with van der Waals surface area (Å²) in [6.07, 6.45) is -3.79. The van der Waals surface area contributed by atoms with E-state index in [1.54, 1.807) is 36.0 Å². The van der Waals surface area contributed by atoms with Crippen LogP contribution in [-0.4, -0.2) is 34.6 Å². The maximum atomic E-state index is 13.9. The van der Waals surface area contributed by atoms with Crippen molar-refractivity contribution in [1.82, 2.24) is 4.98 Å². The number of alkyl halides is 3. The van der Waals surface area contributed by atoms with Crippen molar-refractivity contribution in [3.63, 3.8) is 0 Å². The van der Waals surface area contributed by atoms with Crippen molar-refractivity contribution in [3.05, 3.63) is 105 Å². The van der Waals surface area contributed by atoms with Crippen LogP contribution in [-0.2, 0) is 20.6 Å². The van der Waals surface area contributed by atoms with Crippen LogP contribution in [0, 0.1) is 29.6 Å². The van der Waals surface area contributed by atoms with Crippen LogP contribution in [0.25, 0.3) is 0 Å². The van der Waals surface area contributed by atoms with Crippen molar-refractivity contribution < 1.29 is 32.3 Å². The lowest BCUT2D eigenvalue weighted by Gasteiger charge is -2.43. The minimum atomic E-state index is -4.54. The lowest BCUT2D eigenvalue weighted by molar-refractivity contribution is -0.137. The fourth-order valence-corrected chi connectivity index (χ4v) is 11.0. The van der Waals surface area contributed by atoms with E-state index in [4.69, 9.17) is 4.74 Å². The van der Waals surface area contributed by atoms with Crippen molar-refractivity contribution in [2.24, 2.45) is 29.6 Å². The Bertz CT molecular complexity index is 1980. The van der Waals surface area contributed by atoms with Crippen molar-refractivity contribution in [2.75, 3.05) is 16.8 Å². The Morgan fingerprint density at radius 2 is 1.68 bits per heavy atom. The molecule has 2 bridgehead atoms. The molecule has 2 aliphatic heterocycles. The van der Waals surface area contributed by atoms with Crippen molar-refractivity contribution in [3.8, 4) is 5.75 Å². The van der Waals surface area contributed by atoms with Crippen LogP contribution in [0.4, 0.5) is 24.5 Å². The zero-order valence-corrected chi connectivity index (χ0v) is 26.0. The van der Waals surface area contributed by atoms with Gasteiger partial charge >= 0.3 is 11.0 Å². The number of halogens is 3. The van der Waals surface area contributed by atoms with E-state index in [0.29, 0.717) is 11.4 Å². The number of nitrogens with zero attached hydrogens (tertiary/aromatic N) is 1. The van der Waals surface area contributed by atoms with Gasteiger partial charge in [0.1, 0.15) is 5.75 Å². The molecule has 8 nitrogen and oxygen atoms in total. The number of imide groups is 1. The zero-order chi connectivity index (χ0) is 32.6. The van der Waals surface area contributed by atoms with Crippen LogP contribution in [0.1, 0.15) is 28.3 Å². The van der Waals surface area contributed by atoms with E-state index in [0.717, 1.165) is 45.4 Å². The molecule has 2 aliphatic carbocycles. The molecule has 1 saturated heterocycles. The molecule has 3 aromatic carbocycles. The largest absolute Gasteiger partial charge is 0.484 e. The average molecular weight is 678 g/mol. The molecule has 4 aliphatic rings. The number of hydrogen-bond acceptors (Lipinski definition) is 7. The van der Waals surface area contributed by atoms with E-state index < -0.39 is 36.1 Å². The molecule has 3 fully saturated rings. The average Bonchev–Trinajstić information content (AvgIpc) is 3.79. The molecule has 0 unspecified atom stereocenters. The second-order valence-corrected chi connectivity index (χ2v) is 14.5. The summed E-state index contributed by atoms with van der Waals surface area (Å²) in [6.45, 7) is -0.435. The van der Waals surface area contributed by atoms with Crippen LogP contribution >= 0.6 is 23.1 Å². The van der Waals surface area contributed by atoms with Gasteiger partial charge in [-0.25, -0.2) is 0 Å². The number of para-hydroxylation sites is 1. The Balaban J connectivity index is 1.06. The highest BCUT2D eigenvalue weighted by Crippen LogP contribution is 2.68. The first-order chi connectivity index (χ1) is 22.6. The number of ether oxygens (including phenoxy) is 1. The Labute approximate surface area is 274 Å². The molecule has 240 valence electrons. The van der Waals surface area contributed by atoms with Crippen molar-refractivity contribution in [1.29, 1.82) is 0 Å². The summed E-state index contributed by atoms with van der Waals surface area (Å²) in [5.41, 5.74) is 0.563. The minimum Gasteiger partial charge on any atom is -0.484 e. The van der Waals surface area contributed by atoms with Crippen molar-refractivity contribution in [2.45, 2.75) is 28.8 Å². The molecule has 0 radical (unpaired) electrons. The summed E-state index contributed by atoms with van der Waals surface area (Å²) >= 11 is 2.74. The van der Waals surface area contributed by atoms with Gasteiger partial charge in [0.25, 0.3) is 5.91 Å². The summed E-state index contributed by atoms with van der Waals surface area (Å²) in [5, 5.41) is 3.23. The van der Waals surface area contributed by atoms with E-state index in [1.807, 2.05) is 30.3 Å². The standard InChI is InChI=1S/C34H26F3N3O5S2/c35-34(36,37)17-7-5-8-18(13-17)38-23(41)15-45-20-11-4-6-16(12-20)24-25-21-14-22(28(25)46-30-29(24)47-33(44)39-30)27-26(21)31(42)40(32(27)43)19-9-2-1-3-10-19/h1-13,21-22,24-28H,14-15H2,(H,38,41)(H,39,44)/t21-,22-,24+,25-,26+,27+,28-/m1/s1. The van der Waals surface area contributed by atoms with Gasteiger partial charge in [-0.15, -0.1) is 11.8 Å². The molecule has 2 N–H and O–H groups in total. The number of nitrogens with one attached hydrogen (secondary N) is 2. The van der Waals surface area contributed by atoms with Gasteiger partial charge in [-0.1, -0.05) is 47.7 Å². The molecule has 1 aromatic heterocycles. The Hall–Kier alpha value is -4.36. The molecule has 3 amide bonds. The number of hydrogen-bond donors (Lipinski definition) is 2. The van der Waals surface area contributed by atoms with E-state index in [2.05, 4.69) is 10.3 Å². The topological polar surface area (TPSA) is 109 Å². The molecule has 13 heteroatoms. The number of aromatic nitrogens is 1. The summed E-state index contributed by atoms with van der Waals surface area (Å²) < 4.78 is 45.1. The SMILES string of the molecule is O=C(COc1cccc([C@@H]2c3sc(=O)[nH]c3S[C@@H]3[C@@H]4C[C@@H]([C@@H]5C(=O)N(c6ccccc6)C(=O)[C@@H]45)[C@H]23)c1)Nc1cccc(C(F)(F)F)c1. The molecule has 7 atom stereocenters. The van der Waals surface area contributed by atoms with Gasteiger partial charge in [0.2, 0.25) is 11.8 Å². The quantitative estimate of drug-likeness (QED) is 0.237. The third-order valence-electron chi connectivity index (χ3n) is 9.80. The number of thioether (sulfide) groups is 1. The van der Waals surface area contributed by atoms with E-state index in [-0.39, 0.29) is 51.3 Å². The minimum absolute atomic E-state index is 0.00294. The van der Waals surface area contributed by atoms with Gasteiger partial charge in [0.15, 0.2) is 6.61 Å². The first kappa shape index (κ1) is 30.0. The number of aromatic amines is 1. The van der Waals surface area contributed by atoms with Crippen LogP contribution in [0.5, 0.6) is 5.75 Å². The highest BCUT2D eigenvalue weighted by molar-refractivity contribution is 8.00. The lowest BCUT2D eigenvalue weighted by Crippen LogP contribution is -2.42. The van der Waals surface area contributed by atoms with Crippen molar-refractivity contribution >= 4 is 52.2 Å². The molecule has 0 spiro atoms. The number of carbonyl (C=O) groups is 3. The number of rotatable bonds is 6. The second-order valence-electron chi connectivity index (χ2n) is 12.3. The van der Waals surface area contributed by atoms with E-state index in [1.165, 1.54) is 17.0 Å². The summed E-state index contributed by atoms with van der Waals surface area (Å²) in [4.78, 5) is 57.9. The number of H-pyrrole nitrogens is 1. The number of benzene rings is 3. The third-order valence-corrected chi connectivity index (χ3v) is 12.4. The molecule has 8 rings (SSSR count). The molecule has 47 heavy (non-hydrogen) atoms. The lowest BCUT2D eigenvalue weighted by atomic mass is 9.68. The maximum Gasteiger partial charge on any atom is 0.416 e. The van der Waals surface area contributed by atoms with Crippen LogP contribution in [0.15, 0.2) is 88.7 Å². The summed E-state index contributed by atoms with van der Waals surface area (Å²) in [7, 11) is 0. The molecular weight excluding hydrogens is 652 g/mol. The second kappa shape index (κ2) is 11.1. The number of thiazole rings is 1. The van der Waals surface area contributed by atoms with E-state index in [9.17, 15) is 32.3 Å². The summed E-state index contributed by atoms with van der Waals surface area (Å²) in [6, 6.07) is 20.6. The van der Waals surface area contributed by atoms with E-state index >= 15 is 0 Å². The molecular formula is C34H26F3N3O5S2. The number of carbonyl (C=O) groups excluding carboxylic acids is 3. The fourth-order valence-electron chi connectivity index (χ4n) is 8.14. The predicted molar refractivity (Wildman–Crippen MR) is 169 cm³/mol.